The predicted octanol–water partition coefficient (Wildman–Crippen LogP) is 4.41. The summed E-state index contributed by atoms with van der Waals surface area (Å²) < 4.78 is 13.5. The van der Waals surface area contributed by atoms with Crippen LogP contribution in [0.1, 0.15) is 55.2 Å². The van der Waals surface area contributed by atoms with Gasteiger partial charge in [0.25, 0.3) is 0 Å². The average Bonchev–Trinajstić information content (AvgIpc) is 3.64. The molecule has 9 rings (SSSR count). The number of hydrogen-bond donors (Lipinski definition) is 2. The summed E-state index contributed by atoms with van der Waals surface area (Å²) in [5.74, 6) is 2.38. The van der Waals surface area contributed by atoms with Gasteiger partial charge in [-0.05, 0) is 74.6 Å². The Hall–Kier alpha value is -2.08. The fourth-order valence-corrected chi connectivity index (χ4v) is 9.78. The largest absolute Gasteiger partial charge is 0.504 e. The number of benzene rings is 2. The normalized spacial score (nSPS) is 39.6. The van der Waals surface area contributed by atoms with Crippen molar-refractivity contribution < 1.29 is 14.6 Å². The van der Waals surface area contributed by atoms with Crippen LogP contribution < -0.4 is 10.1 Å². The Labute approximate surface area is 214 Å². The highest BCUT2D eigenvalue weighted by molar-refractivity contribution is 5.63. The Morgan fingerprint density at radius 1 is 1.11 bits per heavy atom. The van der Waals surface area contributed by atoms with E-state index in [0.29, 0.717) is 17.7 Å². The van der Waals surface area contributed by atoms with Gasteiger partial charge in [0.15, 0.2) is 11.5 Å². The number of methoxy groups -OCH3 is 1. The number of aromatic hydroxyl groups is 1. The van der Waals surface area contributed by atoms with Crippen molar-refractivity contribution in [2.45, 2.75) is 74.7 Å². The molecular weight excluding hydrogens is 448 g/mol. The Kier molecular flexibility index (Phi) is 4.57. The van der Waals surface area contributed by atoms with E-state index >= 15 is 0 Å². The second-order valence-electron chi connectivity index (χ2n) is 12.7. The highest BCUT2D eigenvalue weighted by Gasteiger charge is 2.80. The molecule has 4 bridgehead atoms. The van der Waals surface area contributed by atoms with E-state index < -0.39 is 0 Å². The highest BCUT2D eigenvalue weighted by Crippen LogP contribution is 2.76. The molecule has 190 valence electrons. The van der Waals surface area contributed by atoms with Crippen LogP contribution in [0, 0.1) is 17.3 Å². The molecule has 2 aliphatic heterocycles. The lowest BCUT2D eigenvalue weighted by Gasteiger charge is -2.74. The third kappa shape index (κ3) is 2.62. The second kappa shape index (κ2) is 7.49. The maximum atomic E-state index is 11.0. The number of likely N-dealkylation sites (tertiary alicyclic amines) is 1. The van der Waals surface area contributed by atoms with Crippen LogP contribution in [0.15, 0.2) is 42.5 Å². The SMILES string of the molecule is COC12CCC3(C[C@@H]1CNCc1ccccc1)[C@H]1Cc4ccc(O)c5c4C3(CCN1CC1CC1)[C@H]2O5. The van der Waals surface area contributed by atoms with E-state index in [4.69, 9.17) is 9.47 Å². The molecule has 36 heavy (non-hydrogen) atoms. The molecule has 2 aromatic carbocycles. The molecule has 0 amide bonds. The Morgan fingerprint density at radius 2 is 1.97 bits per heavy atom. The zero-order chi connectivity index (χ0) is 24.1. The number of nitrogens with one attached hydrogen (secondary N) is 1. The number of fused-ring (bicyclic) bond motifs is 2. The van der Waals surface area contributed by atoms with Crippen molar-refractivity contribution in [3.05, 3.63) is 59.2 Å². The van der Waals surface area contributed by atoms with Crippen LogP contribution in [-0.2, 0) is 23.1 Å². The van der Waals surface area contributed by atoms with Crippen molar-refractivity contribution in [3.8, 4) is 11.5 Å². The Morgan fingerprint density at radius 3 is 2.78 bits per heavy atom. The van der Waals surface area contributed by atoms with Crippen LogP contribution in [0.5, 0.6) is 11.5 Å². The van der Waals surface area contributed by atoms with Gasteiger partial charge in [0.1, 0.15) is 11.7 Å². The standard InChI is InChI=1S/C31H38N2O3/c1-35-31-12-11-29(16-23(31)18-32-17-20-5-3-2-4-6-20)25-15-22-9-10-24(34)27-26(22)30(29,28(31)36-27)13-14-33(25)19-21-7-8-21/h2-6,9-10,21,23,25,28,32,34H,7-8,11-19H2,1H3/t23-,25-,28-,29?,30?,31?/m1/s1. The minimum atomic E-state index is -0.325. The first-order valence-corrected chi connectivity index (χ1v) is 14.2. The molecule has 7 aliphatic rings. The number of ether oxygens (including phenoxy) is 2. The molecule has 5 nitrogen and oxygen atoms in total. The van der Waals surface area contributed by atoms with Crippen LogP contribution in [0.3, 0.4) is 0 Å². The average molecular weight is 487 g/mol. The Balaban J connectivity index is 1.22. The van der Waals surface area contributed by atoms with E-state index in [1.807, 2.05) is 13.2 Å². The molecule has 5 heteroatoms. The van der Waals surface area contributed by atoms with Crippen molar-refractivity contribution >= 4 is 0 Å². The van der Waals surface area contributed by atoms with Gasteiger partial charge in [-0.3, -0.25) is 4.90 Å². The molecule has 5 fully saturated rings. The summed E-state index contributed by atoms with van der Waals surface area (Å²) in [6.45, 7) is 4.23. The Bertz CT molecular complexity index is 1200. The predicted molar refractivity (Wildman–Crippen MR) is 138 cm³/mol. The molecule has 0 aromatic heterocycles. The molecule has 3 unspecified atom stereocenters. The lowest BCUT2D eigenvalue weighted by atomic mass is 9.35. The quantitative estimate of drug-likeness (QED) is 0.607. The van der Waals surface area contributed by atoms with Crippen LogP contribution in [0.25, 0.3) is 0 Å². The van der Waals surface area contributed by atoms with Gasteiger partial charge >= 0.3 is 0 Å². The van der Waals surface area contributed by atoms with Gasteiger partial charge in [-0.25, -0.2) is 0 Å². The minimum absolute atomic E-state index is 0.0195. The van der Waals surface area contributed by atoms with Gasteiger partial charge in [-0.2, -0.15) is 0 Å². The topological polar surface area (TPSA) is 54.0 Å². The van der Waals surface area contributed by atoms with Gasteiger partial charge in [0.05, 0.1) is 0 Å². The summed E-state index contributed by atoms with van der Waals surface area (Å²) in [5.41, 5.74) is 3.92. The van der Waals surface area contributed by atoms with Crippen molar-refractivity contribution in [1.82, 2.24) is 10.2 Å². The van der Waals surface area contributed by atoms with E-state index in [0.717, 1.165) is 50.6 Å². The summed E-state index contributed by atoms with van der Waals surface area (Å²) in [7, 11) is 1.91. The van der Waals surface area contributed by atoms with E-state index in [2.05, 4.69) is 46.6 Å². The molecule has 0 radical (unpaired) electrons. The van der Waals surface area contributed by atoms with Crippen LogP contribution >= 0.6 is 0 Å². The summed E-state index contributed by atoms with van der Waals surface area (Å²) in [4.78, 5) is 2.88. The van der Waals surface area contributed by atoms with Crippen LogP contribution in [0.4, 0.5) is 0 Å². The van der Waals surface area contributed by atoms with Crippen LogP contribution in [-0.4, -0.2) is 54.5 Å². The zero-order valence-corrected chi connectivity index (χ0v) is 21.3. The first kappa shape index (κ1) is 22.0. The summed E-state index contributed by atoms with van der Waals surface area (Å²) in [6, 6.07) is 15.3. The van der Waals surface area contributed by atoms with E-state index in [1.54, 1.807) is 0 Å². The summed E-state index contributed by atoms with van der Waals surface area (Å²) >= 11 is 0. The fraction of sp³-hybridized carbons (Fsp3) is 0.613. The minimum Gasteiger partial charge on any atom is -0.504 e. The van der Waals surface area contributed by atoms with E-state index in [9.17, 15) is 5.11 Å². The molecule has 6 atom stereocenters. The van der Waals surface area contributed by atoms with Gasteiger partial charge in [-0.1, -0.05) is 36.4 Å². The van der Waals surface area contributed by atoms with E-state index in [1.165, 1.54) is 48.9 Å². The molecule has 2 N–H and O–H groups in total. The van der Waals surface area contributed by atoms with Gasteiger partial charge in [0, 0.05) is 55.1 Å². The molecule has 1 saturated heterocycles. The third-order valence-electron chi connectivity index (χ3n) is 11.4. The van der Waals surface area contributed by atoms with Crippen LogP contribution in [0.2, 0.25) is 0 Å². The molecule has 4 saturated carbocycles. The van der Waals surface area contributed by atoms with Crippen molar-refractivity contribution in [3.63, 3.8) is 0 Å². The lowest BCUT2D eigenvalue weighted by Crippen LogP contribution is -2.81. The summed E-state index contributed by atoms with van der Waals surface area (Å²) in [5, 5.41) is 14.8. The number of hydrogen-bond acceptors (Lipinski definition) is 5. The number of nitrogens with zero attached hydrogens (tertiary/aromatic N) is 1. The molecule has 2 spiro atoms. The highest BCUT2D eigenvalue weighted by atomic mass is 16.6. The van der Waals surface area contributed by atoms with Gasteiger partial charge < -0.3 is 19.9 Å². The number of phenolic OH excluding ortho intramolecular Hbond substituents is 1. The maximum Gasteiger partial charge on any atom is 0.165 e. The summed E-state index contributed by atoms with van der Waals surface area (Å²) in [6.07, 6.45) is 8.44. The second-order valence-corrected chi connectivity index (χ2v) is 12.7. The first-order chi connectivity index (χ1) is 17.6. The first-order valence-electron chi connectivity index (χ1n) is 14.2. The smallest absolute Gasteiger partial charge is 0.165 e. The van der Waals surface area contributed by atoms with Gasteiger partial charge in [-0.15, -0.1) is 0 Å². The van der Waals surface area contributed by atoms with E-state index in [-0.39, 0.29) is 22.5 Å². The molecular formula is C31H38N2O3. The number of piperidine rings is 1. The molecule has 5 aliphatic carbocycles. The fourth-order valence-electron chi connectivity index (χ4n) is 9.78. The van der Waals surface area contributed by atoms with Gasteiger partial charge in [0.2, 0.25) is 0 Å². The number of rotatable bonds is 7. The molecule has 2 aromatic rings. The number of phenols is 1. The molecule has 2 heterocycles. The third-order valence-corrected chi connectivity index (χ3v) is 11.4. The monoisotopic (exact) mass is 486 g/mol. The lowest BCUT2D eigenvalue weighted by molar-refractivity contribution is -0.276. The van der Waals surface area contributed by atoms with Crippen molar-refractivity contribution in [2.24, 2.45) is 17.3 Å². The van der Waals surface area contributed by atoms with Crippen molar-refractivity contribution in [2.75, 3.05) is 26.7 Å². The maximum absolute atomic E-state index is 11.0. The van der Waals surface area contributed by atoms with Crippen molar-refractivity contribution in [1.29, 1.82) is 0 Å². The zero-order valence-electron chi connectivity index (χ0n) is 21.3.